The molecule has 5 rings (SSSR count). The Labute approximate surface area is 239 Å². The van der Waals surface area contributed by atoms with Crippen LogP contribution in [0.4, 0.5) is 9.93 Å². The van der Waals surface area contributed by atoms with Crippen LogP contribution in [0.25, 0.3) is 6.08 Å². The van der Waals surface area contributed by atoms with E-state index in [2.05, 4.69) is 88.0 Å². The monoisotopic (exact) mass is 551 g/mol. The predicted molar refractivity (Wildman–Crippen MR) is 160 cm³/mol. The highest BCUT2D eigenvalue weighted by atomic mass is 32.1. The molecule has 1 fully saturated rings. The summed E-state index contributed by atoms with van der Waals surface area (Å²) in [4.78, 5) is 32.3. The van der Waals surface area contributed by atoms with Crippen LogP contribution < -0.4 is 5.32 Å². The van der Waals surface area contributed by atoms with Crippen LogP contribution in [0.15, 0.2) is 102 Å². The lowest BCUT2D eigenvalue weighted by atomic mass is 9.74. The van der Waals surface area contributed by atoms with Crippen molar-refractivity contribution in [3.63, 3.8) is 0 Å². The van der Waals surface area contributed by atoms with E-state index in [0.717, 1.165) is 16.7 Å². The van der Waals surface area contributed by atoms with Gasteiger partial charge in [-0.05, 0) is 43.5 Å². The number of piperidine rings is 1. The summed E-state index contributed by atoms with van der Waals surface area (Å²) >= 11 is 1.30. The van der Waals surface area contributed by atoms with E-state index < -0.39 is 17.2 Å². The SMILES string of the molecule is CC(C)(C)OC(=O)Nc1nc(C=C2CN(C(c3ccccc3)(c3ccccc3)c3ccccc3)CCC2=O)cs1. The van der Waals surface area contributed by atoms with Crippen molar-refractivity contribution in [1.29, 1.82) is 0 Å². The fourth-order valence-corrected chi connectivity index (χ4v) is 5.90. The molecule has 0 aliphatic carbocycles. The number of thiazole rings is 1. The van der Waals surface area contributed by atoms with Crippen LogP contribution in [0.1, 0.15) is 49.6 Å². The molecular weight excluding hydrogens is 518 g/mol. The fraction of sp³-hybridized carbons (Fsp3) is 0.242. The smallest absolute Gasteiger partial charge is 0.413 e. The number of nitrogens with zero attached hydrogens (tertiary/aromatic N) is 2. The zero-order chi connectivity index (χ0) is 28.2. The fourth-order valence-electron chi connectivity index (χ4n) is 5.25. The average Bonchev–Trinajstić information content (AvgIpc) is 3.38. The van der Waals surface area contributed by atoms with Crippen LogP contribution in [0, 0.1) is 0 Å². The molecule has 7 heteroatoms. The van der Waals surface area contributed by atoms with E-state index in [4.69, 9.17) is 4.74 Å². The van der Waals surface area contributed by atoms with E-state index in [-0.39, 0.29) is 5.78 Å². The lowest BCUT2D eigenvalue weighted by Gasteiger charge is -2.47. The number of carbonyl (C=O) groups is 2. The number of anilines is 1. The molecule has 3 aromatic carbocycles. The summed E-state index contributed by atoms with van der Waals surface area (Å²) in [5.41, 5.74) is 3.52. The molecule has 0 radical (unpaired) electrons. The van der Waals surface area contributed by atoms with E-state index in [9.17, 15) is 9.59 Å². The minimum atomic E-state index is -0.604. The van der Waals surface area contributed by atoms with Gasteiger partial charge in [0.2, 0.25) is 0 Å². The lowest BCUT2D eigenvalue weighted by molar-refractivity contribution is -0.117. The van der Waals surface area contributed by atoms with Crippen molar-refractivity contribution in [2.45, 2.75) is 38.3 Å². The first-order chi connectivity index (χ1) is 19.3. The largest absolute Gasteiger partial charge is 0.444 e. The van der Waals surface area contributed by atoms with Crippen molar-refractivity contribution in [2.75, 3.05) is 18.4 Å². The van der Waals surface area contributed by atoms with Gasteiger partial charge in [0.25, 0.3) is 0 Å². The molecule has 4 aromatic rings. The van der Waals surface area contributed by atoms with Gasteiger partial charge >= 0.3 is 6.09 Å². The number of ketones is 1. The Morgan fingerprint density at radius 1 is 0.900 bits per heavy atom. The van der Waals surface area contributed by atoms with Crippen LogP contribution in [0.2, 0.25) is 0 Å². The first-order valence-corrected chi connectivity index (χ1v) is 14.2. The third-order valence-corrected chi connectivity index (χ3v) is 7.61. The second kappa shape index (κ2) is 11.6. The summed E-state index contributed by atoms with van der Waals surface area (Å²) in [7, 11) is 0. The van der Waals surface area contributed by atoms with Gasteiger partial charge in [0.15, 0.2) is 10.9 Å². The molecule has 0 spiro atoms. The molecule has 0 atom stereocenters. The molecule has 1 aliphatic rings. The molecule has 6 nitrogen and oxygen atoms in total. The van der Waals surface area contributed by atoms with Crippen molar-refractivity contribution < 1.29 is 14.3 Å². The summed E-state index contributed by atoms with van der Waals surface area (Å²) in [6.07, 6.45) is 1.68. The van der Waals surface area contributed by atoms with Crippen molar-refractivity contribution in [3.05, 3.63) is 124 Å². The Kier molecular flexibility index (Phi) is 7.96. The van der Waals surface area contributed by atoms with E-state index in [1.807, 2.05) is 50.4 Å². The molecule has 1 amide bonds. The molecular formula is C33H33N3O3S. The number of ether oxygens (including phenoxy) is 1. The van der Waals surface area contributed by atoms with Gasteiger partial charge in [0, 0.05) is 30.5 Å². The van der Waals surface area contributed by atoms with Crippen molar-refractivity contribution in [1.82, 2.24) is 9.88 Å². The summed E-state index contributed by atoms with van der Waals surface area (Å²) in [6, 6.07) is 31.4. The van der Waals surface area contributed by atoms with Gasteiger partial charge in [-0.25, -0.2) is 9.78 Å². The molecule has 2 heterocycles. The lowest BCUT2D eigenvalue weighted by Crippen LogP contribution is -2.52. The average molecular weight is 552 g/mol. The number of hydrogen-bond donors (Lipinski definition) is 1. The van der Waals surface area contributed by atoms with Crippen molar-refractivity contribution in [3.8, 4) is 0 Å². The van der Waals surface area contributed by atoms with E-state index in [1.165, 1.54) is 11.3 Å². The van der Waals surface area contributed by atoms with E-state index >= 15 is 0 Å². The summed E-state index contributed by atoms with van der Waals surface area (Å²) in [5, 5.41) is 4.95. The first kappa shape index (κ1) is 27.5. The van der Waals surface area contributed by atoms with Gasteiger partial charge < -0.3 is 4.74 Å². The Morgan fingerprint density at radius 3 is 1.93 bits per heavy atom. The van der Waals surface area contributed by atoms with Crippen LogP contribution in [0.5, 0.6) is 0 Å². The van der Waals surface area contributed by atoms with Crippen LogP contribution in [-0.4, -0.2) is 40.5 Å². The number of benzene rings is 3. The van der Waals surface area contributed by atoms with Gasteiger partial charge in [0.1, 0.15) is 5.60 Å². The number of rotatable bonds is 6. The van der Waals surface area contributed by atoms with Gasteiger partial charge in [-0.1, -0.05) is 91.0 Å². The molecule has 1 saturated heterocycles. The van der Waals surface area contributed by atoms with Crippen LogP contribution in [-0.2, 0) is 15.1 Å². The molecule has 40 heavy (non-hydrogen) atoms. The number of nitrogens with one attached hydrogen (secondary N) is 1. The summed E-state index contributed by atoms with van der Waals surface area (Å²) < 4.78 is 5.34. The second-order valence-electron chi connectivity index (χ2n) is 10.8. The number of aromatic nitrogens is 1. The summed E-state index contributed by atoms with van der Waals surface area (Å²) in [6.45, 7) is 6.49. The van der Waals surface area contributed by atoms with Gasteiger partial charge in [-0.3, -0.25) is 15.0 Å². The number of amides is 1. The van der Waals surface area contributed by atoms with Crippen LogP contribution in [0.3, 0.4) is 0 Å². The molecule has 0 unspecified atom stereocenters. The number of carbonyl (C=O) groups excluding carboxylic acids is 2. The highest BCUT2D eigenvalue weighted by Crippen LogP contribution is 2.44. The highest BCUT2D eigenvalue weighted by molar-refractivity contribution is 7.14. The maximum absolute atomic E-state index is 13.2. The molecule has 1 aliphatic heterocycles. The Bertz CT molecular complexity index is 1400. The van der Waals surface area contributed by atoms with Gasteiger partial charge in [-0.2, -0.15) is 0 Å². The van der Waals surface area contributed by atoms with Crippen LogP contribution >= 0.6 is 11.3 Å². The molecule has 0 bridgehead atoms. The van der Waals surface area contributed by atoms with Gasteiger partial charge in [0.05, 0.1) is 11.2 Å². The Balaban J connectivity index is 1.53. The molecule has 204 valence electrons. The van der Waals surface area contributed by atoms with E-state index in [1.54, 1.807) is 0 Å². The normalized spacial score (nSPS) is 15.7. The number of hydrogen-bond acceptors (Lipinski definition) is 6. The zero-order valence-corrected chi connectivity index (χ0v) is 23.8. The minimum absolute atomic E-state index is 0.106. The van der Waals surface area contributed by atoms with Crippen molar-refractivity contribution >= 4 is 34.4 Å². The highest BCUT2D eigenvalue weighted by Gasteiger charge is 2.44. The maximum atomic E-state index is 13.2. The summed E-state index contributed by atoms with van der Waals surface area (Å²) in [5.74, 6) is 0.106. The second-order valence-corrected chi connectivity index (χ2v) is 11.6. The van der Waals surface area contributed by atoms with E-state index in [0.29, 0.717) is 35.9 Å². The first-order valence-electron chi connectivity index (χ1n) is 13.4. The molecule has 1 aromatic heterocycles. The molecule has 0 saturated carbocycles. The third kappa shape index (κ3) is 5.91. The quantitative estimate of drug-likeness (QED) is 0.204. The Morgan fingerprint density at radius 2 is 1.43 bits per heavy atom. The standard InChI is InChI=1S/C33H33N3O3S/c1-32(2,3)39-31(38)35-30-34-28(23-40-30)21-24-22-36(20-19-29(24)37)33(25-13-7-4-8-14-25,26-15-9-5-10-16-26)27-17-11-6-12-18-27/h4-18,21,23H,19-20,22H2,1-3H3,(H,34,35,38). The Hall–Kier alpha value is -4.07. The number of likely N-dealkylation sites (tertiary alicyclic amines) is 1. The topological polar surface area (TPSA) is 71.5 Å². The number of Topliss-reactive ketones (excluding diaryl/α,β-unsaturated/α-hetero) is 1. The predicted octanol–water partition coefficient (Wildman–Crippen LogP) is 7.14. The maximum Gasteiger partial charge on any atom is 0.413 e. The van der Waals surface area contributed by atoms with Gasteiger partial charge in [-0.15, -0.1) is 11.3 Å². The zero-order valence-electron chi connectivity index (χ0n) is 23.0. The third-order valence-electron chi connectivity index (χ3n) is 6.83. The minimum Gasteiger partial charge on any atom is -0.444 e. The van der Waals surface area contributed by atoms with Crippen molar-refractivity contribution in [2.24, 2.45) is 0 Å². The molecule has 1 N–H and O–H groups in total.